The van der Waals surface area contributed by atoms with Crippen LogP contribution in [0.3, 0.4) is 0 Å². The zero-order chi connectivity index (χ0) is 11.7. The number of hydrazine groups is 1. The molecule has 0 radical (unpaired) electrons. The van der Waals surface area contributed by atoms with Gasteiger partial charge in [0.1, 0.15) is 0 Å². The summed E-state index contributed by atoms with van der Waals surface area (Å²) in [4.78, 5) is 24.1. The van der Waals surface area contributed by atoms with E-state index < -0.39 is 0 Å². The Morgan fingerprint density at radius 3 is 2.81 bits per heavy atom. The van der Waals surface area contributed by atoms with Crippen LogP contribution < -0.4 is 5.09 Å². The van der Waals surface area contributed by atoms with Crippen LogP contribution in [0.5, 0.6) is 0 Å². The largest absolute Gasteiger partial charge is 0.289 e. The second-order valence-corrected chi connectivity index (χ2v) is 4.78. The minimum absolute atomic E-state index is 0.0213. The average Bonchev–Trinajstić information content (AvgIpc) is 2.39. The van der Waals surface area contributed by atoms with E-state index >= 15 is 0 Å². The molecule has 5 nitrogen and oxygen atoms in total. The van der Waals surface area contributed by atoms with Crippen LogP contribution in [-0.4, -0.2) is 40.5 Å². The smallest absolute Gasteiger partial charge is 0.258 e. The van der Waals surface area contributed by atoms with E-state index in [1.807, 2.05) is 6.92 Å². The van der Waals surface area contributed by atoms with Gasteiger partial charge in [0, 0.05) is 13.0 Å². The number of carbonyl (C=O) groups is 2. The molecule has 3 atom stereocenters. The molecule has 2 saturated heterocycles. The van der Waals surface area contributed by atoms with Crippen molar-refractivity contribution in [3.05, 3.63) is 0 Å². The number of nitrogens with one attached hydrogen (secondary N) is 1. The first-order valence-corrected chi connectivity index (χ1v) is 6.32. The minimum atomic E-state index is -0.250. The van der Waals surface area contributed by atoms with Crippen molar-refractivity contribution in [1.29, 1.82) is 0 Å². The molecule has 90 valence electrons. The van der Waals surface area contributed by atoms with Gasteiger partial charge in [-0.25, -0.2) is 5.01 Å². The summed E-state index contributed by atoms with van der Waals surface area (Å²) in [6.07, 6.45) is 2.98. The van der Waals surface area contributed by atoms with Gasteiger partial charge in [-0.1, -0.05) is 9.39 Å². The molecule has 2 heterocycles. The van der Waals surface area contributed by atoms with Gasteiger partial charge in [0.2, 0.25) is 5.91 Å². The zero-order valence-electron chi connectivity index (χ0n) is 9.48. The Hall–Kier alpha value is -0.670. The van der Waals surface area contributed by atoms with E-state index in [9.17, 15) is 9.59 Å². The van der Waals surface area contributed by atoms with Crippen molar-refractivity contribution in [2.75, 3.05) is 6.54 Å². The first-order valence-electron chi connectivity index (χ1n) is 5.74. The van der Waals surface area contributed by atoms with Crippen molar-refractivity contribution in [2.45, 2.75) is 44.7 Å². The van der Waals surface area contributed by atoms with Crippen molar-refractivity contribution in [1.82, 2.24) is 15.1 Å². The van der Waals surface area contributed by atoms with Crippen LogP contribution in [0.15, 0.2) is 0 Å². The fourth-order valence-corrected chi connectivity index (χ4v) is 2.73. The molecular weight excluding hydrogens is 225 g/mol. The van der Waals surface area contributed by atoms with E-state index in [1.54, 1.807) is 10.0 Å². The molecule has 0 bridgehead atoms. The van der Waals surface area contributed by atoms with Crippen LogP contribution in [0.25, 0.3) is 0 Å². The predicted octanol–water partition coefficient (Wildman–Crippen LogP) is 0.283. The fourth-order valence-electron chi connectivity index (χ4n) is 2.42. The van der Waals surface area contributed by atoms with Gasteiger partial charge in [-0.3, -0.25) is 19.7 Å². The normalized spacial score (nSPS) is 31.4. The number of amides is 2. The SMILES string of the molecule is CC1CCCN2C(=O)CCC(NP)C(=O)N12. The predicted molar refractivity (Wildman–Crippen MR) is 63.1 cm³/mol. The van der Waals surface area contributed by atoms with Gasteiger partial charge >= 0.3 is 0 Å². The zero-order valence-corrected chi connectivity index (χ0v) is 10.6. The highest BCUT2D eigenvalue weighted by Crippen LogP contribution is 2.24. The average molecular weight is 243 g/mol. The Morgan fingerprint density at radius 1 is 1.38 bits per heavy atom. The van der Waals surface area contributed by atoms with E-state index in [4.69, 9.17) is 0 Å². The third-order valence-electron chi connectivity index (χ3n) is 3.33. The molecule has 0 saturated carbocycles. The Labute approximate surface area is 97.8 Å². The molecule has 1 N–H and O–H groups in total. The van der Waals surface area contributed by atoms with Crippen LogP contribution in [0, 0.1) is 0 Å². The van der Waals surface area contributed by atoms with Crippen molar-refractivity contribution in [2.24, 2.45) is 0 Å². The summed E-state index contributed by atoms with van der Waals surface area (Å²) in [5, 5.41) is 6.21. The quantitative estimate of drug-likeness (QED) is 0.673. The molecule has 0 aromatic carbocycles. The van der Waals surface area contributed by atoms with Crippen molar-refractivity contribution >= 4 is 21.2 Å². The van der Waals surface area contributed by atoms with E-state index in [1.165, 1.54) is 0 Å². The van der Waals surface area contributed by atoms with Crippen molar-refractivity contribution < 1.29 is 9.59 Å². The number of nitrogens with zero attached hydrogens (tertiary/aromatic N) is 2. The maximum absolute atomic E-state index is 12.2. The summed E-state index contributed by atoms with van der Waals surface area (Å²) in [6.45, 7) is 2.68. The standard InChI is InChI=1S/C10H18N3O2P/c1-7-3-2-6-12-9(14)5-4-8(11-16)10(15)13(7)12/h7-8,11H,2-6,16H2,1H3. The lowest BCUT2D eigenvalue weighted by Gasteiger charge is -2.42. The highest BCUT2D eigenvalue weighted by Gasteiger charge is 2.39. The summed E-state index contributed by atoms with van der Waals surface area (Å²) in [5.41, 5.74) is 0. The number of fused-ring (bicyclic) bond motifs is 1. The van der Waals surface area contributed by atoms with Gasteiger partial charge in [0.25, 0.3) is 5.91 Å². The Bertz CT molecular complexity index is 310. The van der Waals surface area contributed by atoms with E-state index in [0.717, 1.165) is 12.8 Å². The minimum Gasteiger partial charge on any atom is -0.289 e. The van der Waals surface area contributed by atoms with E-state index in [-0.39, 0.29) is 23.9 Å². The molecule has 2 rings (SSSR count). The number of hydrogen-bond donors (Lipinski definition) is 1. The topological polar surface area (TPSA) is 52.7 Å². The molecule has 0 aromatic heterocycles. The van der Waals surface area contributed by atoms with Gasteiger partial charge < -0.3 is 0 Å². The lowest BCUT2D eigenvalue weighted by atomic mass is 10.1. The first-order chi connectivity index (χ1) is 7.65. The fraction of sp³-hybridized carbons (Fsp3) is 0.800. The maximum Gasteiger partial charge on any atom is 0.258 e. The molecular formula is C10H18N3O2P. The molecule has 16 heavy (non-hydrogen) atoms. The van der Waals surface area contributed by atoms with Gasteiger partial charge in [-0.2, -0.15) is 0 Å². The summed E-state index contributed by atoms with van der Waals surface area (Å²) in [7, 11) is 2.37. The highest BCUT2D eigenvalue weighted by molar-refractivity contribution is 7.13. The lowest BCUT2D eigenvalue weighted by Crippen LogP contribution is -2.58. The third-order valence-corrected chi connectivity index (χ3v) is 3.73. The van der Waals surface area contributed by atoms with Crippen LogP contribution in [0.1, 0.15) is 32.6 Å². The van der Waals surface area contributed by atoms with Gasteiger partial charge in [-0.05, 0) is 26.2 Å². The molecule has 2 amide bonds. The Kier molecular flexibility index (Phi) is 3.45. The first kappa shape index (κ1) is 11.8. The summed E-state index contributed by atoms with van der Waals surface area (Å²) in [5.74, 6) is 0.0932. The van der Waals surface area contributed by atoms with E-state index in [2.05, 4.69) is 14.5 Å². The third kappa shape index (κ3) is 1.94. The molecule has 6 heteroatoms. The maximum atomic E-state index is 12.2. The van der Waals surface area contributed by atoms with E-state index in [0.29, 0.717) is 19.4 Å². The molecule has 2 fully saturated rings. The van der Waals surface area contributed by atoms with Crippen LogP contribution in [0.4, 0.5) is 0 Å². The van der Waals surface area contributed by atoms with Crippen molar-refractivity contribution in [3.63, 3.8) is 0 Å². The van der Waals surface area contributed by atoms with Gasteiger partial charge in [0.15, 0.2) is 0 Å². The molecule has 2 aliphatic rings. The lowest BCUT2D eigenvalue weighted by molar-refractivity contribution is -0.171. The monoisotopic (exact) mass is 243 g/mol. The number of hydrogen-bond acceptors (Lipinski definition) is 3. The summed E-state index contributed by atoms with van der Waals surface area (Å²) < 4.78 is 0. The van der Waals surface area contributed by atoms with Gasteiger partial charge in [0.05, 0.1) is 12.1 Å². The molecule has 2 aliphatic heterocycles. The van der Waals surface area contributed by atoms with Crippen molar-refractivity contribution in [3.8, 4) is 0 Å². The van der Waals surface area contributed by atoms with Crippen LogP contribution in [0.2, 0.25) is 0 Å². The number of carbonyl (C=O) groups excluding carboxylic acids is 2. The highest BCUT2D eigenvalue weighted by atomic mass is 31.0. The Balaban J connectivity index is 2.27. The molecule has 3 unspecified atom stereocenters. The molecule has 0 spiro atoms. The molecule has 0 aromatic rings. The van der Waals surface area contributed by atoms with Gasteiger partial charge in [-0.15, -0.1) is 0 Å². The number of rotatable bonds is 1. The second-order valence-electron chi connectivity index (χ2n) is 4.45. The Morgan fingerprint density at radius 2 is 2.12 bits per heavy atom. The summed E-state index contributed by atoms with van der Waals surface area (Å²) >= 11 is 0. The van der Waals surface area contributed by atoms with Crippen LogP contribution in [-0.2, 0) is 9.59 Å². The van der Waals surface area contributed by atoms with Crippen LogP contribution >= 0.6 is 9.39 Å². The molecule has 0 aliphatic carbocycles. The summed E-state index contributed by atoms with van der Waals surface area (Å²) in [6, 6.07) is -0.122. The second kappa shape index (κ2) is 4.68.